The SMILES string of the molecule is CCn1c(N)nnc1SCC(=O)Nc1cccc(C(F)(F)F)c1. The molecule has 0 aliphatic carbocycles. The van der Waals surface area contributed by atoms with E-state index < -0.39 is 17.6 Å². The third-order valence-corrected chi connectivity index (χ3v) is 3.83. The van der Waals surface area contributed by atoms with E-state index in [2.05, 4.69) is 15.5 Å². The summed E-state index contributed by atoms with van der Waals surface area (Å²) in [5.41, 5.74) is 4.88. The van der Waals surface area contributed by atoms with Crippen molar-refractivity contribution in [2.75, 3.05) is 16.8 Å². The standard InChI is InChI=1S/C13H14F3N5OS/c1-2-21-11(17)19-20-12(21)23-7-10(22)18-9-5-3-4-8(6-9)13(14,15)16/h3-6H,2,7H2,1H3,(H2,17,19)(H,18,22). The maximum Gasteiger partial charge on any atom is 0.416 e. The third-order valence-electron chi connectivity index (χ3n) is 2.87. The largest absolute Gasteiger partial charge is 0.416 e. The number of nitrogens with one attached hydrogen (secondary N) is 1. The molecule has 0 radical (unpaired) electrons. The van der Waals surface area contributed by atoms with Crippen LogP contribution in [0.15, 0.2) is 29.4 Å². The zero-order valence-electron chi connectivity index (χ0n) is 12.1. The molecule has 0 saturated heterocycles. The van der Waals surface area contributed by atoms with Crippen molar-refractivity contribution in [1.29, 1.82) is 0 Å². The molecule has 10 heteroatoms. The Bertz CT molecular complexity index is 701. The van der Waals surface area contributed by atoms with E-state index in [1.807, 2.05) is 6.92 Å². The number of anilines is 2. The molecule has 1 aromatic carbocycles. The average Bonchev–Trinajstić information content (AvgIpc) is 2.84. The van der Waals surface area contributed by atoms with Crippen molar-refractivity contribution in [2.45, 2.75) is 24.8 Å². The summed E-state index contributed by atoms with van der Waals surface area (Å²) in [6.07, 6.45) is -4.45. The van der Waals surface area contributed by atoms with Gasteiger partial charge in [0.1, 0.15) is 0 Å². The molecule has 0 fully saturated rings. The first-order valence-electron chi connectivity index (χ1n) is 6.60. The first kappa shape index (κ1) is 17.1. The number of nitrogens with zero attached hydrogens (tertiary/aromatic N) is 3. The van der Waals surface area contributed by atoms with Crippen LogP contribution in [0.2, 0.25) is 0 Å². The van der Waals surface area contributed by atoms with Crippen molar-refractivity contribution in [3.63, 3.8) is 0 Å². The molecule has 1 amide bonds. The summed E-state index contributed by atoms with van der Waals surface area (Å²) in [6.45, 7) is 2.41. The molecule has 0 bridgehead atoms. The number of rotatable bonds is 5. The van der Waals surface area contributed by atoms with Crippen molar-refractivity contribution in [3.05, 3.63) is 29.8 Å². The van der Waals surface area contributed by atoms with Gasteiger partial charge in [-0.2, -0.15) is 13.2 Å². The van der Waals surface area contributed by atoms with Crippen molar-refractivity contribution in [3.8, 4) is 0 Å². The topological polar surface area (TPSA) is 85.8 Å². The van der Waals surface area contributed by atoms with E-state index >= 15 is 0 Å². The summed E-state index contributed by atoms with van der Waals surface area (Å²) >= 11 is 1.10. The van der Waals surface area contributed by atoms with Crippen LogP contribution >= 0.6 is 11.8 Å². The maximum atomic E-state index is 12.6. The number of carbonyl (C=O) groups excluding carboxylic acids is 1. The van der Waals surface area contributed by atoms with Gasteiger partial charge < -0.3 is 11.1 Å². The number of amides is 1. The predicted octanol–water partition coefficient (Wildman–Crippen LogP) is 2.63. The Hall–Kier alpha value is -2.23. The van der Waals surface area contributed by atoms with Crippen molar-refractivity contribution < 1.29 is 18.0 Å². The molecule has 0 aliphatic rings. The summed E-state index contributed by atoms with van der Waals surface area (Å²) in [5.74, 6) is -0.221. The Morgan fingerprint density at radius 2 is 2.13 bits per heavy atom. The molecule has 0 saturated carbocycles. The second kappa shape index (κ2) is 6.90. The number of halogens is 3. The zero-order valence-corrected chi connectivity index (χ0v) is 12.9. The minimum absolute atomic E-state index is 0.0195. The molecule has 23 heavy (non-hydrogen) atoms. The Morgan fingerprint density at radius 3 is 2.78 bits per heavy atom. The molecule has 0 aliphatic heterocycles. The average molecular weight is 345 g/mol. The summed E-state index contributed by atoms with van der Waals surface area (Å²) in [6, 6.07) is 4.45. The van der Waals surface area contributed by atoms with Crippen LogP contribution in [0.4, 0.5) is 24.8 Å². The van der Waals surface area contributed by atoms with Gasteiger partial charge in [0.2, 0.25) is 11.9 Å². The Kier molecular flexibility index (Phi) is 5.14. The summed E-state index contributed by atoms with van der Waals surface area (Å²) < 4.78 is 39.5. The van der Waals surface area contributed by atoms with Gasteiger partial charge in [-0.15, -0.1) is 10.2 Å². The molecular weight excluding hydrogens is 331 g/mol. The van der Waals surface area contributed by atoms with E-state index in [0.29, 0.717) is 11.7 Å². The number of hydrogen-bond acceptors (Lipinski definition) is 5. The smallest absolute Gasteiger partial charge is 0.368 e. The van der Waals surface area contributed by atoms with Crippen LogP contribution in [0.3, 0.4) is 0 Å². The Labute approximate surface area is 134 Å². The lowest BCUT2D eigenvalue weighted by Gasteiger charge is -2.10. The highest BCUT2D eigenvalue weighted by atomic mass is 32.2. The van der Waals surface area contributed by atoms with E-state index in [1.165, 1.54) is 12.1 Å². The summed E-state index contributed by atoms with van der Waals surface area (Å²) in [4.78, 5) is 11.9. The van der Waals surface area contributed by atoms with Crippen molar-refractivity contribution in [1.82, 2.24) is 14.8 Å². The van der Waals surface area contributed by atoms with Gasteiger partial charge in [0.05, 0.1) is 11.3 Å². The molecule has 0 atom stereocenters. The van der Waals surface area contributed by atoms with Crippen LogP contribution in [0.5, 0.6) is 0 Å². The number of alkyl halides is 3. The van der Waals surface area contributed by atoms with E-state index in [4.69, 9.17) is 5.73 Å². The Balaban J connectivity index is 1.97. The van der Waals surface area contributed by atoms with Crippen LogP contribution in [0.1, 0.15) is 12.5 Å². The van der Waals surface area contributed by atoms with Gasteiger partial charge in [0.25, 0.3) is 0 Å². The van der Waals surface area contributed by atoms with Gasteiger partial charge in [-0.25, -0.2) is 0 Å². The van der Waals surface area contributed by atoms with E-state index in [-0.39, 0.29) is 17.4 Å². The predicted molar refractivity (Wildman–Crippen MR) is 80.9 cm³/mol. The molecule has 2 rings (SSSR count). The molecule has 1 aromatic heterocycles. The number of aromatic nitrogens is 3. The minimum Gasteiger partial charge on any atom is -0.368 e. The molecule has 6 nitrogen and oxygen atoms in total. The highest BCUT2D eigenvalue weighted by Gasteiger charge is 2.30. The normalized spacial score (nSPS) is 11.5. The van der Waals surface area contributed by atoms with Gasteiger partial charge in [-0.3, -0.25) is 9.36 Å². The zero-order chi connectivity index (χ0) is 17.0. The van der Waals surface area contributed by atoms with Gasteiger partial charge in [-0.1, -0.05) is 17.8 Å². The molecule has 0 spiro atoms. The fourth-order valence-electron chi connectivity index (χ4n) is 1.80. The number of hydrogen-bond donors (Lipinski definition) is 2. The molecular formula is C13H14F3N5OS. The molecule has 2 aromatic rings. The van der Waals surface area contributed by atoms with Gasteiger partial charge >= 0.3 is 6.18 Å². The van der Waals surface area contributed by atoms with Gasteiger partial charge in [0.15, 0.2) is 5.16 Å². The van der Waals surface area contributed by atoms with E-state index in [9.17, 15) is 18.0 Å². The molecule has 0 unspecified atom stereocenters. The van der Waals surface area contributed by atoms with Crippen molar-refractivity contribution >= 4 is 29.3 Å². The number of nitrogens with two attached hydrogens (primary N) is 1. The highest BCUT2D eigenvalue weighted by molar-refractivity contribution is 7.99. The quantitative estimate of drug-likeness (QED) is 0.814. The maximum absolute atomic E-state index is 12.6. The lowest BCUT2D eigenvalue weighted by atomic mass is 10.2. The minimum atomic E-state index is -4.45. The highest BCUT2D eigenvalue weighted by Crippen LogP contribution is 2.30. The summed E-state index contributed by atoms with van der Waals surface area (Å²) in [7, 11) is 0. The van der Waals surface area contributed by atoms with Crippen LogP contribution in [0, 0.1) is 0 Å². The van der Waals surface area contributed by atoms with E-state index in [1.54, 1.807) is 4.57 Å². The number of thioether (sulfide) groups is 1. The number of nitrogen functional groups attached to an aromatic ring is 1. The Morgan fingerprint density at radius 1 is 1.39 bits per heavy atom. The van der Waals surface area contributed by atoms with Crippen LogP contribution in [-0.2, 0) is 17.5 Å². The fraction of sp³-hybridized carbons (Fsp3) is 0.308. The van der Waals surface area contributed by atoms with Gasteiger partial charge in [0, 0.05) is 12.2 Å². The lowest BCUT2D eigenvalue weighted by molar-refractivity contribution is -0.137. The number of carbonyl (C=O) groups is 1. The van der Waals surface area contributed by atoms with E-state index in [0.717, 1.165) is 23.9 Å². The van der Waals surface area contributed by atoms with Crippen LogP contribution < -0.4 is 11.1 Å². The second-order valence-corrected chi connectivity index (χ2v) is 5.44. The third kappa shape index (κ3) is 4.38. The fourth-order valence-corrected chi connectivity index (χ4v) is 2.61. The summed E-state index contributed by atoms with van der Waals surface area (Å²) in [5, 5.41) is 10.4. The van der Waals surface area contributed by atoms with Gasteiger partial charge in [-0.05, 0) is 25.1 Å². The monoisotopic (exact) mass is 345 g/mol. The molecule has 1 heterocycles. The molecule has 3 N–H and O–H groups in total. The van der Waals surface area contributed by atoms with Crippen LogP contribution in [0.25, 0.3) is 0 Å². The second-order valence-electron chi connectivity index (χ2n) is 4.50. The number of benzene rings is 1. The lowest BCUT2D eigenvalue weighted by Crippen LogP contribution is -2.15. The first-order valence-corrected chi connectivity index (χ1v) is 7.58. The first-order chi connectivity index (χ1) is 10.8. The van der Waals surface area contributed by atoms with Crippen LogP contribution in [-0.4, -0.2) is 26.4 Å². The molecule has 124 valence electrons. The van der Waals surface area contributed by atoms with Crippen molar-refractivity contribution in [2.24, 2.45) is 0 Å².